The van der Waals surface area contributed by atoms with Gasteiger partial charge in [-0.2, -0.15) is 0 Å². The number of rotatable bonds is 3. The molecule has 0 unspecified atom stereocenters. The molecule has 2 aromatic carbocycles. The molecule has 4 heteroatoms. The molecule has 100 valence electrons. The zero-order valence-electron chi connectivity index (χ0n) is 10.5. The lowest BCUT2D eigenvalue weighted by molar-refractivity contribution is 0.104. The monoisotopic (exact) mass is 330 g/mol. The zero-order chi connectivity index (χ0) is 13.9. The van der Waals surface area contributed by atoms with Crippen LogP contribution in [0.2, 0.25) is 0 Å². The van der Waals surface area contributed by atoms with Gasteiger partial charge < -0.3 is 9.47 Å². The van der Waals surface area contributed by atoms with Gasteiger partial charge in [0.15, 0.2) is 17.3 Å². The van der Waals surface area contributed by atoms with Crippen LogP contribution in [0.1, 0.15) is 15.9 Å². The van der Waals surface area contributed by atoms with Crippen LogP contribution in [0.4, 0.5) is 0 Å². The van der Waals surface area contributed by atoms with Crippen molar-refractivity contribution in [3.05, 3.63) is 64.1 Å². The average molecular weight is 331 g/mol. The normalized spacial score (nSPS) is 12.8. The van der Waals surface area contributed by atoms with E-state index in [2.05, 4.69) is 15.9 Å². The minimum absolute atomic E-state index is 0.0703. The standard InChI is InChI=1S/C16H11BrO3/c17-13-4-2-1-3-11(13)5-7-14(18)12-6-8-15-16(9-12)20-10-19-15/h1-9H,10H2/b7-5+. The predicted molar refractivity (Wildman–Crippen MR) is 80.1 cm³/mol. The second-order valence-electron chi connectivity index (χ2n) is 4.29. The molecule has 0 bridgehead atoms. The van der Waals surface area contributed by atoms with Crippen LogP contribution < -0.4 is 9.47 Å². The third-order valence-corrected chi connectivity index (χ3v) is 3.70. The predicted octanol–water partition coefficient (Wildman–Crippen LogP) is 4.07. The van der Waals surface area contributed by atoms with Crippen LogP contribution >= 0.6 is 15.9 Å². The fraction of sp³-hybridized carbons (Fsp3) is 0.0625. The third kappa shape index (κ3) is 2.60. The van der Waals surface area contributed by atoms with Crippen LogP contribution in [0.15, 0.2) is 53.0 Å². The Morgan fingerprint density at radius 3 is 2.75 bits per heavy atom. The molecule has 3 nitrogen and oxygen atoms in total. The molecule has 1 heterocycles. The summed E-state index contributed by atoms with van der Waals surface area (Å²) in [7, 11) is 0. The smallest absolute Gasteiger partial charge is 0.231 e. The Labute approximate surface area is 125 Å². The van der Waals surface area contributed by atoms with E-state index >= 15 is 0 Å². The number of carbonyl (C=O) groups is 1. The van der Waals surface area contributed by atoms with Gasteiger partial charge in [0.2, 0.25) is 6.79 Å². The van der Waals surface area contributed by atoms with E-state index in [1.54, 1.807) is 30.4 Å². The fourth-order valence-electron chi connectivity index (χ4n) is 1.92. The van der Waals surface area contributed by atoms with E-state index in [1.807, 2.05) is 24.3 Å². The van der Waals surface area contributed by atoms with Gasteiger partial charge >= 0.3 is 0 Å². The molecule has 0 aliphatic carbocycles. The van der Waals surface area contributed by atoms with Crippen molar-refractivity contribution in [1.82, 2.24) is 0 Å². The molecular weight excluding hydrogens is 320 g/mol. The van der Waals surface area contributed by atoms with Gasteiger partial charge in [-0.1, -0.05) is 34.1 Å². The first-order valence-electron chi connectivity index (χ1n) is 6.10. The van der Waals surface area contributed by atoms with Crippen molar-refractivity contribution >= 4 is 27.8 Å². The number of halogens is 1. The number of hydrogen-bond acceptors (Lipinski definition) is 3. The molecule has 0 aromatic heterocycles. The van der Waals surface area contributed by atoms with Crippen LogP contribution in [0, 0.1) is 0 Å². The number of benzene rings is 2. The molecule has 0 atom stereocenters. The summed E-state index contributed by atoms with van der Waals surface area (Å²) in [5.74, 6) is 1.22. The van der Waals surface area contributed by atoms with Crippen LogP contribution in [0.3, 0.4) is 0 Å². The second-order valence-corrected chi connectivity index (χ2v) is 5.14. The van der Waals surface area contributed by atoms with Crippen LogP contribution in [0.25, 0.3) is 6.08 Å². The SMILES string of the molecule is O=C(/C=C/c1ccccc1Br)c1ccc2c(c1)OCO2. The minimum atomic E-state index is -0.0703. The molecular formula is C16H11BrO3. The largest absolute Gasteiger partial charge is 0.454 e. The quantitative estimate of drug-likeness (QED) is 0.628. The first-order chi connectivity index (χ1) is 9.74. The molecule has 1 aliphatic rings. The molecule has 0 N–H and O–H groups in total. The van der Waals surface area contributed by atoms with Crippen LogP contribution in [0.5, 0.6) is 11.5 Å². The molecule has 0 radical (unpaired) electrons. The average Bonchev–Trinajstić information content (AvgIpc) is 2.93. The number of hydrogen-bond donors (Lipinski definition) is 0. The number of allylic oxidation sites excluding steroid dienone is 1. The topological polar surface area (TPSA) is 35.5 Å². The molecule has 0 amide bonds. The van der Waals surface area contributed by atoms with Gasteiger partial charge in [0.25, 0.3) is 0 Å². The lowest BCUT2D eigenvalue weighted by atomic mass is 10.1. The number of carbonyl (C=O) groups excluding carboxylic acids is 1. The van der Waals surface area contributed by atoms with Crippen molar-refractivity contribution in [3.63, 3.8) is 0 Å². The Morgan fingerprint density at radius 1 is 1.10 bits per heavy atom. The maximum absolute atomic E-state index is 12.1. The Hall–Kier alpha value is -2.07. The van der Waals surface area contributed by atoms with E-state index in [0.29, 0.717) is 17.1 Å². The summed E-state index contributed by atoms with van der Waals surface area (Å²) in [4.78, 5) is 12.1. The lowest BCUT2D eigenvalue weighted by Crippen LogP contribution is -1.94. The van der Waals surface area contributed by atoms with Gasteiger partial charge in [-0.05, 0) is 42.0 Å². The summed E-state index contributed by atoms with van der Waals surface area (Å²) in [5, 5.41) is 0. The molecule has 20 heavy (non-hydrogen) atoms. The Balaban J connectivity index is 1.81. The molecule has 3 rings (SSSR count). The van der Waals surface area contributed by atoms with Crippen molar-refractivity contribution in [3.8, 4) is 11.5 Å². The number of ketones is 1. The highest BCUT2D eigenvalue weighted by Gasteiger charge is 2.15. The highest BCUT2D eigenvalue weighted by Crippen LogP contribution is 2.32. The summed E-state index contributed by atoms with van der Waals surface area (Å²) in [5.41, 5.74) is 1.54. The summed E-state index contributed by atoms with van der Waals surface area (Å²) >= 11 is 3.44. The van der Waals surface area contributed by atoms with E-state index in [0.717, 1.165) is 10.0 Å². The summed E-state index contributed by atoms with van der Waals surface area (Å²) in [6.45, 7) is 0.208. The fourth-order valence-corrected chi connectivity index (χ4v) is 2.34. The van der Waals surface area contributed by atoms with Gasteiger partial charge in [0.1, 0.15) is 0 Å². The number of fused-ring (bicyclic) bond motifs is 1. The Bertz CT molecular complexity index is 692. The van der Waals surface area contributed by atoms with E-state index in [4.69, 9.17) is 9.47 Å². The van der Waals surface area contributed by atoms with Gasteiger partial charge in [-0.25, -0.2) is 0 Å². The third-order valence-electron chi connectivity index (χ3n) is 2.98. The maximum Gasteiger partial charge on any atom is 0.231 e. The first-order valence-corrected chi connectivity index (χ1v) is 6.90. The van der Waals surface area contributed by atoms with Gasteiger partial charge in [0.05, 0.1) is 0 Å². The number of ether oxygens (including phenoxy) is 2. The summed E-state index contributed by atoms with van der Waals surface area (Å²) in [6.07, 6.45) is 3.34. The molecule has 1 aliphatic heterocycles. The van der Waals surface area contributed by atoms with Gasteiger partial charge in [-0.15, -0.1) is 0 Å². The van der Waals surface area contributed by atoms with Crippen molar-refractivity contribution in [1.29, 1.82) is 0 Å². The molecule has 2 aromatic rings. The van der Waals surface area contributed by atoms with Gasteiger partial charge in [-0.3, -0.25) is 4.79 Å². The van der Waals surface area contributed by atoms with E-state index in [-0.39, 0.29) is 12.6 Å². The Morgan fingerprint density at radius 2 is 1.90 bits per heavy atom. The van der Waals surface area contributed by atoms with Crippen molar-refractivity contribution in [2.45, 2.75) is 0 Å². The van der Waals surface area contributed by atoms with E-state index < -0.39 is 0 Å². The van der Waals surface area contributed by atoms with Crippen molar-refractivity contribution < 1.29 is 14.3 Å². The summed E-state index contributed by atoms with van der Waals surface area (Å²) < 4.78 is 11.4. The van der Waals surface area contributed by atoms with Crippen molar-refractivity contribution in [2.24, 2.45) is 0 Å². The molecule has 0 saturated heterocycles. The van der Waals surface area contributed by atoms with Gasteiger partial charge in [0, 0.05) is 10.0 Å². The zero-order valence-corrected chi connectivity index (χ0v) is 12.1. The van der Waals surface area contributed by atoms with Crippen LogP contribution in [-0.4, -0.2) is 12.6 Å². The van der Waals surface area contributed by atoms with Crippen LogP contribution in [-0.2, 0) is 0 Å². The van der Waals surface area contributed by atoms with E-state index in [1.165, 1.54) is 0 Å². The maximum atomic E-state index is 12.1. The lowest BCUT2D eigenvalue weighted by Gasteiger charge is -2.00. The van der Waals surface area contributed by atoms with E-state index in [9.17, 15) is 4.79 Å². The minimum Gasteiger partial charge on any atom is -0.454 e. The molecule has 0 saturated carbocycles. The van der Waals surface area contributed by atoms with Crippen molar-refractivity contribution in [2.75, 3.05) is 6.79 Å². The molecule has 0 spiro atoms. The Kier molecular flexibility index (Phi) is 3.56. The first kappa shape index (κ1) is 12.9. The summed E-state index contributed by atoms with van der Waals surface area (Å²) in [6, 6.07) is 12.9. The molecule has 0 fully saturated rings. The highest BCUT2D eigenvalue weighted by molar-refractivity contribution is 9.10. The second kappa shape index (κ2) is 5.51. The highest BCUT2D eigenvalue weighted by atomic mass is 79.9.